The predicted molar refractivity (Wildman–Crippen MR) is 106 cm³/mol. The molecule has 9 heteroatoms. The van der Waals surface area contributed by atoms with Crippen LogP contribution in [0.1, 0.15) is 12.0 Å². The van der Waals surface area contributed by atoms with Gasteiger partial charge < -0.3 is 25.0 Å². The van der Waals surface area contributed by atoms with Crippen molar-refractivity contribution < 1.29 is 23.9 Å². The lowest BCUT2D eigenvalue weighted by molar-refractivity contribution is -0.137. The van der Waals surface area contributed by atoms with Crippen LogP contribution < -0.4 is 25.0 Å². The van der Waals surface area contributed by atoms with Crippen molar-refractivity contribution in [3.8, 4) is 11.5 Å². The Labute approximate surface area is 171 Å². The molecule has 1 atom stereocenters. The summed E-state index contributed by atoms with van der Waals surface area (Å²) in [5, 5.41) is 5.44. The highest BCUT2D eigenvalue weighted by molar-refractivity contribution is 6.40. The third-order valence-corrected chi connectivity index (χ3v) is 5.04. The highest BCUT2D eigenvalue weighted by atomic mass is 35.5. The number of aryl methyl sites for hydroxylation is 1. The minimum atomic E-state index is -0.891. The molecule has 3 amide bonds. The van der Waals surface area contributed by atoms with Crippen LogP contribution in [0.5, 0.6) is 11.5 Å². The molecule has 0 radical (unpaired) electrons. The maximum atomic E-state index is 12.7. The molecule has 0 spiro atoms. The summed E-state index contributed by atoms with van der Waals surface area (Å²) in [6, 6.07) is 9.41. The molecule has 2 aromatic carbocycles. The molecule has 0 aliphatic carbocycles. The van der Waals surface area contributed by atoms with Gasteiger partial charge in [0.2, 0.25) is 12.7 Å². The van der Waals surface area contributed by atoms with Crippen LogP contribution in [0.2, 0.25) is 5.02 Å². The third-order valence-electron chi connectivity index (χ3n) is 4.74. The lowest BCUT2D eigenvalue weighted by Crippen LogP contribution is -2.46. The van der Waals surface area contributed by atoms with Crippen LogP contribution in [0.4, 0.5) is 11.4 Å². The lowest BCUT2D eigenvalue weighted by atomic mass is 10.2. The molecule has 1 unspecified atom stereocenters. The van der Waals surface area contributed by atoms with Gasteiger partial charge in [-0.3, -0.25) is 14.4 Å². The van der Waals surface area contributed by atoms with Crippen molar-refractivity contribution in [2.45, 2.75) is 19.4 Å². The van der Waals surface area contributed by atoms with Gasteiger partial charge in [0.1, 0.15) is 6.04 Å². The first kappa shape index (κ1) is 19.1. The van der Waals surface area contributed by atoms with Crippen molar-refractivity contribution in [2.24, 2.45) is 0 Å². The molecular weight excluding hydrogens is 398 g/mol. The van der Waals surface area contributed by atoms with Crippen LogP contribution in [0.3, 0.4) is 0 Å². The molecule has 2 heterocycles. The summed E-state index contributed by atoms with van der Waals surface area (Å²) >= 11 is 6.24. The molecule has 2 N–H and O–H groups in total. The van der Waals surface area contributed by atoms with Gasteiger partial charge in [-0.25, -0.2) is 0 Å². The first-order chi connectivity index (χ1) is 13.9. The number of anilines is 2. The molecule has 29 heavy (non-hydrogen) atoms. The number of nitrogens with one attached hydrogen (secondary N) is 2. The number of amides is 3. The molecule has 0 saturated carbocycles. The van der Waals surface area contributed by atoms with Gasteiger partial charge in [-0.15, -0.1) is 0 Å². The number of halogens is 1. The number of rotatable bonds is 3. The van der Waals surface area contributed by atoms with E-state index in [1.54, 1.807) is 30.3 Å². The number of hydrogen-bond donors (Lipinski definition) is 2. The maximum absolute atomic E-state index is 12.7. The fourth-order valence-corrected chi connectivity index (χ4v) is 3.61. The van der Waals surface area contributed by atoms with Crippen molar-refractivity contribution in [1.82, 2.24) is 5.32 Å². The van der Waals surface area contributed by atoms with Crippen molar-refractivity contribution >= 4 is 40.7 Å². The fraction of sp³-hybridized carbons (Fsp3) is 0.250. The second kappa shape index (κ2) is 7.63. The standard InChI is InChI=1S/C20H18ClN3O5/c1-11-2-4-15(13(21)8-11)24-7-6-14(20(24)27)23-19(26)18(25)22-12-3-5-16-17(9-12)29-10-28-16/h2-5,8-9,14H,6-7,10H2,1H3,(H,22,25)(H,23,26). The minimum Gasteiger partial charge on any atom is -0.454 e. The predicted octanol–water partition coefficient (Wildman–Crippen LogP) is 2.24. The SMILES string of the molecule is Cc1ccc(N2CCC(NC(=O)C(=O)Nc3ccc4c(c3)OCO4)C2=O)c(Cl)c1. The normalized spacial score (nSPS) is 17.4. The molecule has 2 aromatic rings. The Morgan fingerprint density at radius 3 is 2.69 bits per heavy atom. The molecule has 2 aliphatic heterocycles. The lowest BCUT2D eigenvalue weighted by Gasteiger charge is -2.19. The van der Waals surface area contributed by atoms with Crippen LogP contribution in [0.25, 0.3) is 0 Å². The molecule has 0 aromatic heterocycles. The minimum absolute atomic E-state index is 0.110. The number of benzene rings is 2. The fourth-order valence-electron chi connectivity index (χ4n) is 3.27. The average molecular weight is 416 g/mol. The van der Waals surface area contributed by atoms with Crippen LogP contribution in [0, 0.1) is 6.92 Å². The Bertz CT molecular complexity index is 1010. The van der Waals surface area contributed by atoms with Crippen LogP contribution >= 0.6 is 11.6 Å². The molecule has 1 saturated heterocycles. The second-order valence-electron chi connectivity index (χ2n) is 6.78. The highest BCUT2D eigenvalue weighted by Gasteiger charge is 2.35. The summed E-state index contributed by atoms with van der Waals surface area (Å²) in [5.74, 6) is -1.01. The molecule has 8 nitrogen and oxygen atoms in total. The summed E-state index contributed by atoms with van der Waals surface area (Å²) < 4.78 is 10.4. The number of carbonyl (C=O) groups is 3. The van der Waals surface area contributed by atoms with Crippen molar-refractivity contribution in [3.63, 3.8) is 0 Å². The van der Waals surface area contributed by atoms with Crippen LogP contribution in [-0.2, 0) is 14.4 Å². The summed E-state index contributed by atoms with van der Waals surface area (Å²) in [6.45, 7) is 2.41. The largest absolute Gasteiger partial charge is 0.454 e. The van der Waals surface area contributed by atoms with Crippen molar-refractivity contribution in [3.05, 3.63) is 47.0 Å². The number of nitrogens with zero attached hydrogens (tertiary/aromatic N) is 1. The topological polar surface area (TPSA) is 97.0 Å². The van der Waals surface area contributed by atoms with E-state index in [-0.39, 0.29) is 12.7 Å². The average Bonchev–Trinajstić information content (AvgIpc) is 3.29. The monoisotopic (exact) mass is 415 g/mol. The maximum Gasteiger partial charge on any atom is 0.313 e. The number of carbonyl (C=O) groups excluding carboxylic acids is 3. The Hall–Kier alpha value is -3.26. The van der Waals surface area contributed by atoms with Gasteiger partial charge >= 0.3 is 11.8 Å². The van der Waals surface area contributed by atoms with Crippen molar-refractivity contribution in [2.75, 3.05) is 23.6 Å². The van der Waals surface area contributed by atoms with Crippen LogP contribution in [-0.4, -0.2) is 37.1 Å². The van der Waals surface area contributed by atoms with E-state index in [9.17, 15) is 14.4 Å². The molecule has 0 bridgehead atoms. The van der Waals surface area contributed by atoms with Crippen LogP contribution in [0.15, 0.2) is 36.4 Å². The number of ether oxygens (including phenoxy) is 2. The summed E-state index contributed by atoms with van der Waals surface area (Å²) in [6.07, 6.45) is 0.381. The van der Waals surface area contributed by atoms with E-state index in [2.05, 4.69) is 10.6 Å². The van der Waals surface area contributed by atoms with Crippen molar-refractivity contribution in [1.29, 1.82) is 0 Å². The van der Waals surface area contributed by atoms with Gasteiger partial charge in [-0.05, 0) is 43.2 Å². The van der Waals surface area contributed by atoms with Gasteiger partial charge in [0, 0.05) is 18.3 Å². The molecule has 1 fully saturated rings. The van der Waals surface area contributed by atoms with E-state index in [1.807, 2.05) is 13.0 Å². The Morgan fingerprint density at radius 2 is 1.90 bits per heavy atom. The third kappa shape index (κ3) is 3.84. The molecule has 2 aliphatic rings. The first-order valence-electron chi connectivity index (χ1n) is 9.01. The molecular formula is C20H18ClN3O5. The zero-order valence-corrected chi connectivity index (χ0v) is 16.3. The van der Waals surface area contributed by atoms with E-state index >= 15 is 0 Å². The van der Waals surface area contributed by atoms with E-state index in [0.717, 1.165) is 5.56 Å². The zero-order valence-electron chi connectivity index (χ0n) is 15.5. The van der Waals surface area contributed by atoms with Gasteiger partial charge in [-0.2, -0.15) is 0 Å². The van der Waals surface area contributed by atoms with E-state index < -0.39 is 17.9 Å². The highest BCUT2D eigenvalue weighted by Crippen LogP contribution is 2.34. The molecule has 4 rings (SSSR count). The molecule has 150 valence electrons. The second-order valence-corrected chi connectivity index (χ2v) is 7.19. The van der Waals surface area contributed by atoms with E-state index in [1.165, 1.54) is 4.90 Å². The Kier molecular flexibility index (Phi) is 5.02. The number of fused-ring (bicyclic) bond motifs is 1. The summed E-state index contributed by atoms with van der Waals surface area (Å²) in [4.78, 5) is 38.7. The van der Waals surface area contributed by atoms with Gasteiger partial charge in [0.05, 0.1) is 10.7 Å². The van der Waals surface area contributed by atoms with Gasteiger partial charge in [0.15, 0.2) is 11.5 Å². The summed E-state index contributed by atoms with van der Waals surface area (Å²) in [5.41, 5.74) is 1.96. The van der Waals surface area contributed by atoms with E-state index in [4.69, 9.17) is 21.1 Å². The van der Waals surface area contributed by atoms with Gasteiger partial charge in [-0.1, -0.05) is 17.7 Å². The number of hydrogen-bond acceptors (Lipinski definition) is 5. The Balaban J connectivity index is 1.38. The summed E-state index contributed by atoms with van der Waals surface area (Å²) in [7, 11) is 0. The quantitative estimate of drug-likeness (QED) is 0.749. The Morgan fingerprint density at radius 1 is 1.10 bits per heavy atom. The van der Waals surface area contributed by atoms with E-state index in [0.29, 0.717) is 40.9 Å². The zero-order chi connectivity index (χ0) is 20.5. The smallest absolute Gasteiger partial charge is 0.313 e. The first-order valence-corrected chi connectivity index (χ1v) is 9.39. The van der Waals surface area contributed by atoms with Gasteiger partial charge in [0.25, 0.3) is 0 Å².